The molecule has 2 N–H and O–H groups in total. The van der Waals surface area contributed by atoms with Gasteiger partial charge in [0.1, 0.15) is 0 Å². The highest BCUT2D eigenvalue weighted by Gasteiger charge is 2.16. The fourth-order valence-electron chi connectivity index (χ4n) is 3.14. The van der Waals surface area contributed by atoms with Crippen molar-refractivity contribution in [2.24, 2.45) is 5.73 Å². The number of benzene rings is 1. The summed E-state index contributed by atoms with van der Waals surface area (Å²) in [5.74, 6) is 0.0691. The first-order chi connectivity index (χ1) is 13.3. The molecule has 0 aromatic heterocycles. The van der Waals surface area contributed by atoms with Crippen molar-refractivity contribution in [2.75, 3.05) is 46.0 Å². The van der Waals surface area contributed by atoms with Crippen molar-refractivity contribution in [3.63, 3.8) is 0 Å². The molecule has 0 bridgehead atoms. The van der Waals surface area contributed by atoms with Crippen LogP contribution < -0.4 is 5.73 Å². The van der Waals surface area contributed by atoms with Gasteiger partial charge < -0.3 is 10.5 Å². The summed E-state index contributed by atoms with van der Waals surface area (Å²) in [5, 5.41) is 1.55. The van der Waals surface area contributed by atoms with Crippen LogP contribution in [0.15, 0.2) is 30.3 Å². The zero-order valence-electron chi connectivity index (χ0n) is 16.5. The van der Waals surface area contributed by atoms with E-state index in [1.54, 1.807) is 5.06 Å². The highest BCUT2D eigenvalue weighted by Crippen LogP contribution is 2.11. The van der Waals surface area contributed by atoms with Crippen LogP contribution >= 0.6 is 0 Å². The largest absolute Gasteiger partial charge is 0.379 e. The van der Waals surface area contributed by atoms with E-state index < -0.39 is 0 Å². The molecule has 152 valence electrons. The molecule has 1 aliphatic rings. The number of nitrogens with two attached hydrogens (primary N) is 1. The summed E-state index contributed by atoms with van der Waals surface area (Å²) >= 11 is 0. The van der Waals surface area contributed by atoms with Crippen LogP contribution in [0.5, 0.6) is 0 Å². The molecule has 1 saturated heterocycles. The molecule has 0 unspecified atom stereocenters. The Hall–Kier alpha value is -1.47. The molecule has 2 rings (SSSR count). The first kappa shape index (κ1) is 21.8. The van der Waals surface area contributed by atoms with E-state index in [9.17, 15) is 4.79 Å². The lowest BCUT2D eigenvalue weighted by Gasteiger charge is -2.28. The van der Waals surface area contributed by atoms with Crippen LogP contribution in [0.3, 0.4) is 0 Å². The van der Waals surface area contributed by atoms with Gasteiger partial charge in [-0.1, -0.05) is 49.6 Å². The second kappa shape index (κ2) is 13.7. The number of carbonyl (C=O) groups is 1. The third-order valence-corrected chi connectivity index (χ3v) is 4.80. The molecule has 1 aromatic rings. The summed E-state index contributed by atoms with van der Waals surface area (Å²) in [4.78, 5) is 20.9. The average molecular weight is 378 g/mol. The maximum Gasteiger partial charge on any atom is 0.246 e. The molecule has 0 aliphatic carbocycles. The van der Waals surface area contributed by atoms with Gasteiger partial charge in [-0.25, -0.2) is 5.06 Å². The number of amides is 1. The van der Waals surface area contributed by atoms with Crippen LogP contribution in [-0.4, -0.2) is 61.9 Å². The van der Waals surface area contributed by atoms with Crippen LogP contribution in [0.25, 0.3) is 0 Å². The van der Waals surface area contributed by atoms with Gasteiger partial charge in [0.2, 0.25) is 5.91 Å². The molecular weight excluding hydrogens is 342 g/mol. The second-order valence-electron chi connectivity index (χ2n) is 7.01. The van der Waals surface area contributed by atoms with Crippen molar-refractivity contribution in [3.05, 3.63) is 35.9 Å². The van der Waals surface area contributed by atoms with E-state index in [-0.39, 0.29) is 5.91 Å². The number of hydrogen-bond donors (Lipinski definition) is 1. The minimum absolute atomic E-state index is 0.0691. The van der Waals surface area contributed by atoms with Gasteiger partial charge in [-0.05, 0) is 24.9 Å². The van der Waals surface area contributed by atoms with Crippen molar-refractivity contribution < 1.29 is 14.4 Å². The van der Waals surface area contributed by atoms with Gasteiger partial charge in [-0.3, -0.25) is 14.5 Å². The highest BCUT2D eigenvalue weighted by molar-refractivity contribution is 5.75. The van der Waals surface area contributed by atoms with Crippen LogP contribution in [0, 0.1) is 0 Å². The van der Waals surface area contributed by atoms with Crippen molar-refractivity contribution in [3.8, 4) is 0 Å². The van der Waals surface area contributed by atoms with Gasteiger partial charge in [-0.15, -0.1) is 0 Å². The summed E-state index contributed by atoms with van der Waals surface area (Å²) in [7, 11) is 0. The third kappa shape index (κ3) is 9.33. The number of hydroxylamine groups is 2. The summed E-state index contributed by atoms with van der Waals surface area (Å²) in [6.45, 7) is 6.00. The minimum atomic E-state index is 0.0691. The van der Waals surface area contributed by atoms with Gasteiger partial charge in [0.25, 0.3) is 0 Å². The Labute approximate surface area is 163 Å². The fourth-order valence-corrected chi connectivity index (χ4v) is 3.14. The Kier molecular flexibility index (Phi) is 11.0. The molecule has 1 aliphatic heterocycles. The lowest BCUT2D eigenvalue weighted by Crippen LogP contribution is -2.40. The molecule has 0 atom stereocenters. The maximum absolute atomic E-state index is 12.7. The molecule has 0 spiro atoms. The number of carbonyl (C=O) groups excluding carboxylic acids is 1. The van der Waals surface area contributed by atoms with Gasteiger partial charge in [0, 0.05) is 26.1 Å². The third-order valence-electron chi connectivity index (χ3n) is 4.80. The average Bonchev–Trinajstić information content (AvgIpc) is 2.71. The molecule has 6 nitrogen and oxygen atoms in total. The topological polar surface area (TPSA) is 68.0 Å². The Morgan fingerprint density at radius 2 is 1.78 bits per heavy atom. The van der Waals surface area contributed by atoms with E-state index in [0.717, 1.165) is 77.1 Å². The standard InChI is InChI=1S/C21H35N3O3/c22-12-8-3-1-2-7-11-21(25)24(19-20-9-5-4-6-10-20)27-18-15-23-13-16-26-17-14-23/h4-6,9-10H,1-3,7-8,11-19,22H2. The molecule has 6 heteroatoms. The summed E-state index contributed by atoms with van der Waals surface area (Å²) < 4.78 is 5.37. The highest BCUT2D eigenvalue weighted by atomic mass is 16.7. The van der Waals surface area contributed by atoms with E-state index in [4.69, 9.17) is 15.3 Å². The van der Waals surface area contributed by atoms with Crippen molar-refractivity contribution >= 4 is 5.91 Å². The maximum atomic E-state index is 12.7. The number of hydrogen-bond acceptors (Lipinski definition) is 5. The lowest BCUT2D eigenvalue weighted by molar-refractivity contribution is -0.192. The van der Waals surface area contributed by atoms with Crippen LogP contribution in [0.4, 0.5) is 0 Å². The molecule has 27 heavy (non-hydrogen) atoms. The van der Waals surface area contributed by atoms with E-state index in [0.29, 0.717) is 19.6 Å². The Bertz CT molecular complexity index is 507. The molecule has 1 fully saturated rings. The minimum Gasteiger partial charge on any atom is -0.379 e. The predicted molar refractivity (Wildman–Crippen MR) is 107 cm³/mol. The van der Waals surface area contributed by atoms with Crippen molar-refractivity contribution in [1.82, 2.24) is 9.96 Å². The normalized spacial score (nSPS) is 15.0. The van der Waals surface area contributed by atoms with Crippen LogP contribution in [-0.2, 0) is 20.9 Å². The smallest absolute Gasteiger partial charge is 0.246 e. The molecule has 0 saturated carbocycles. The summed E-state index contributed by atoms with van der Waals surface area (Å²) in [6.07, 6.45) is 5.86. The fraction of sp³-hybridized carbons (Fsp3) is 0.667. The first-order valence-electron chi connectivity index (χ1n) is 10.3. The Balaban J connectivity index is 1.76. The second-order valence-corrected chi connectivity index (χ2v) is 7.01. The van der Waals surface area contributed by atoms with E-state index in [2.05, 4.69) is 4.90 Å². The van der Waals surface area contributed by atoms with Gasteiger partial charge in [0.15, 0.2) is 0 Å². The van der Waals surface area contributed by atoms with Crippen molar-refractivity contribution in [1.29, 1.82) is 0 Å². The predicted octanol–water partition coefficient (Wildman–Crippen LogP) is 2.58. The summed E-state index contributed by atoms with van der Waals surface area (Å²) in [6, 6.07) is 10.0. The van der Waals surface area contributed by atoms with Gasteiger partial charge >= 0.3 is 0 Å². The number of rotatable bonds is 13. The zero-order valence-corrected chi connectivity index (χ0v) is 16.5. The monoisotopic (exact) mass is 377 g/mol. The molecule has 1 heterocycles. The van der Waals surface area contributed by atoms with Crippen LogP contribution in [0.2, 0.25) is 0 Å². The van der Waals surface area contributed by atoms with E-state index in [1.807, 2.05) is 30.3 Å². The molecule has 1 amide bonds. The van der Waals surface area contributed by atoms with E-state index in [1.165, 1.54) is 0 Å². The Morgan fingerprint density at radius 1 is 1.07 bits per heavy atom. The van der Waals surface area contributed by atoms with Crippen molar-refractivity contribution in [2.45, 2.75) is 45.1 Å². The number of morpholine rings is 1. The first-order valence-corrected chi connectivity index (χ1v) is 10.3. The molecular formula is C21H35N3O3. The molecule has 1 aromatic carbocycles. The van der Waals surface area contributed by atoms with E-state index >= 15 is 0 Å². The number of unbranched alkanes of at least 4 members (excludes halogenated alkanes) is 4. The summed E-state index contributed by atoms with van der Waals surface area (Å²) in [5.41, 5.74) is 6.60. The number of ether oxygens (including phenoxy) is 1. The van der Waals surface area contributed by atoms with Crippen LogP contribution in [0.1, 0.15) is 44.1 Å². The van der Waals surface area contributed by atoms with Gasteiger partial charge in [-0.2, -0.15) is 0 Å². The molecule has 0 radical (unpaired) electrons. The van der Waals surface area contributed by atoms with Gasteiger partial charge in [0.05, 0.1) is 26.4 Å². The lowest BCUT2D eigenvalue weighted by atomic mass is 10.1. The SMILES string of the molecule is NCCCCCCCC(=O)N(Cc1ccccc1)OCCN1CCOCC1. The quantitative estimate of drug-likeness (QED) is 0.423. The Morgan fingerprint density at radius 3 is 2.52 bits per heavy atom. The zero-order chi connectivity index (χ0) is 19.2. The number of nitrogens with zero attached hydrogens (tertiary/aromatic N) is 2.